The zero-order valence-corrected chi connectivity index (χ0v) is 11.4. The number of nitrogens with one attached hydrogen (secondary N) is 1. The summed E-state index contributed by atoms with van der Waals surface area (Å²) < 4.78 is 0. The number of nitrogen functional groups attached to an aromatic ring is 1. The molecule has 1 aromatic carbocycles. The van der Waals surface area contributed by atoms with Crippen LogP contribution in [0.2, 0.25) is 5.02 Å². The third kappa shape index (κ3) is 4.48. The average molecular weight is 273 g/mol. The van der Waals surface area contributed by atoms with E-state index in [9.17, 15) is 4.79 Å². The van der Waals surface area contributed by atoms with Crippen molar-refractivity contribution >= 4 is 35.0 Å². The highest BCUT2D eigenvalue weighted by molar-refractivity contribution is 7.98. The normalized spacial score (nSPS) is 10.2. The Bertz CT molecular complexity index is 385. The second-order valence-electron chi connectivity index (χ2n) is 3.66. The number of benzene rings is 1. The minimum absolute atomic E-state index is 0.158. The van der Waals surface area contributed by atoms with E-state index in [4.69, 9.17) is 17.3 Å². The van der Waals surface area contributed by atoms with Gasteiger partial charge < -0.3 is 11.1 Å². The topological polar surface area (TPSA) is 55.1 Å². The van der Waals surface area contributed by atoms with Crippen molar-refractivity contribution < 1.29 is 4.79 Å². The van der Waals surface area contributed by atoms with E-state index >= 15 is 0 Å². The maximum absolute atomic E-state index is 11.8. The number of anilines is 1. The van der Waals surface area contributed by atoms with Crippen molar-refractivity contribution in [1.82, 2.24) is 5.32 Å². The molecule has 5 heteroatoms. The molecule has 0 unspecified atom stereocenters. The molecule has 0 aliphatic rings. The molecule has 0 bridgehead atoms. The zero-order valence-electron chi connectivity index (χ0n) is 9.83. The third-order valence-electron chi connectivity index (χ3n) is 2.36. The minimum Gasteiger partial charge on any atom is -0.397 e. The monoisotopic (exact) mass is 272 g/mol. The number of hydrogen-bond acceptors (Lipinski definition) is 3. The molecule has 0 heterocycles. The fourth-order valence-electron chi connectivity index (χ4n) is 1.40. The molecule has 0 saturated heterocycles. The van der Waals surface area contributed by atoms with Crippen LogP contribution in [0, 0.1) is 0 Å². The van der Waals surface area contributed by atoms with Crippen LogP contribution in [0.3, 0.4) is 0 Å². The van der Waals surface area contributed by atoms with Gasteiger partial charge in [-0.3, -0.25) is 4.79 Å². The second kappa shape index (κ2) is 7.45. The Labute approximate surface area is 111 Å². The number of para-hydroxylation sites is 1. The standard InChI is InChI=1S/C12H17ClN2OS/c1-17-8-3-2-7-15-12(16)9-5-4-6-10(13)11(9)14/h4-6H,2-3,7-8,14H2,1H3,(H,15,16). The summed E-state index contributed by atoms with van der Waals surface area (Å²) in [5.41, 5.74) is 6.53. The molecule has 94 valence electrons. The number of nitrogens with two attached hydrogens (primary N) is 1. The third-order valence-corrected chi connectivity index (χ3v) is 3.38. The highest BCUT2D eigenvalue weighted by Crippen LogP contribution is 2.22. The summed E-state index contributed by atoms with van der Waals surface area (Å²) in [6, 6.07) is 5.08. The number of unbranched alkanes of at least 4 members (excludes halogenated alkanes) is 1. The van der Waals surface area contributed by atoms with E-state index < -0.39 is 0 Å². The lowest BCUT2D eigenvalue weighted by Gasteiger charge is -2.08. The smallest absolute Gasteiger partial charge is 0.253 e. The van der Waals surface area contributed by atoms with Crippen LogP contribution in [0.5, 0.6) is 0 Å². The first-order valence-corrected chi connectivity index (χ1v) is 7.25. The summed E-state index contributed by atoms with van der Waals surface area (Å²) in [5, 5.41) is 3.26. The van der Waals surface area contributed by atoms with Crippen LogP contribution in [0.25, 0.3) is 0 Å². The maximum atomic E-state index is 11.8. The summed E-state index contributed by atoms with van der Waals surface area (Å²) in [6.07, 6.45) is 4.16. The second-order valence-corrected chi connectivity index (χ2v) is 5.05. The number of carbonyl (C=O) groups excluding carboxylic acids is 1. The molecular weight excluding hydrogens is 256 g/mol. The van der Waals surface area contributed by atoms with Gasteiger partial charge in [-0.15, -0.1) is 0 Å². The predicted molar refractivity (Wildman–Crippen MR) is 75.8 cm³/mol. The summed E-state index contributed by atoms with van der Waals surface area (Å²) in [5.74, 6) is 0.962. The van der Waals surface area contributed by atoms with E-state index in [2.05, 4.69) is 11.6 Å². The van der Waals surface area contributed by atoms with Gasteiger partial charge in [-0.05, 0) is 37.0 Å². The van der Waals surface area contributed by atoms with Crippen LogP contribution in [0.4, 0.5) is 5.69 Å². The Kier molecular flexibility index (Phi) is 6.22. The molecule has 0 spiro atoms. The molecule has 0 saturated carbocycles. The lowest BCUT2D eigenvalue weighted by atomic mass is 10.1. The predicted octanol–water partition coefficient (Wildman–Crippen LogP) is 2.80. The summed E-state index contributed by atoms with van der Waals surface area (Å²) in [6.45, 7) is 0.672. The Morgan fingerprint density at radius 2 is 2.24 bits per heavy atom. The van der Waals surface area contributed by atoms with Crippen molar-refractivity contribution in [2.45, 2.75) is 12.8 Å². The van der Waals surface area contributed by atoms with Crippen molar-refractivity contribution in [3.05, 3.63) is 28.8 Å². The van der Waals surface area contributed by atoms with Gasteiger partial charge in [-0.2, -0.15) is 11.8 Å². The molecule has 1 aromatic rings. The van der Waals surface area contributed by atoms with E-state index in [1.807, 2.05) is 11.8 Å². The average Bonchev–Trinajstić information content (AvgIpc) is 2.32. The number of halogens is 1. The molecule has 0 aromatic heterocycles. The molecular formula is C12H17ClN2OS. The van der Waals surface area contributed by atoms with Crippen LogP contribution in [0.15, 0.2) is 18.2 Å². The highest BCUT2D eigenvalue weighted by Gasteiger charge is 2.10. The van der Waals surface area contributed by atoms with Gasteiger partial charge in [0.15, 0.2) is 0 Å². The van der Waals surface area contributed by atoms with Gasteiger partial charge in [-0.25, -0.2) is 0 Å². The van der Waals surface area contributed by atoms with Gasteiger partial charge >= 0.3 is 0 Å². The molecule has 1 rings (SSSR count). The molecule has 0 atom stereocenters. The van der Waals surface area contributed by atoms with Gasteiger partial charge in [0.2, 0.25) is 0 Å². The molecule has 0 aliphatic heterocycles. The van der Waals surface area contributed by atoms with Gasteiger partial charge in [-0.1, -0.05) is 17.7 Å². The van der Waals surface area contributed by atoms with Crippen molar-refractivity contribution in [2.75, 3.05) is 24.3 Å². The fourth-order valence-corrected chi connectivity index (χ4v) is 2.07. The highest BCUT2D eigenvalue weighted by atomic mass is 35.5. The Balaban J connectivity index is 2.44. The van der Waals surface area contributed by atoms with Crippen LogP contribution in [0.1, 0.15) is 23.2 Å². The Morgan fingerprint density at radius 1 is 1.47 bits per heavy atom. The first-order valence-electron chi connectivity index (χ1n) is 5.48. The van der Waals surface area contributed by atoms with Crippen molar-refractivity contribution in [3.8, 4) is 0 Å². The lowest BCUT2D eigenvalue weighted by molar-refractivity contribution is 0.0954. The summed E-state index contributed by atoms with van der Waals surface area (Å²) in [7, 11) is 0. The number of rotatable bonds is 6. The van der Waals surface area contributed by atoms with Crippen molar-refractivity contribution in [1.29, 1.82) is 0 Å². The fraction of sp³-hybridized carbons (Fsp3) is 0.417. The minimum atomic E-state index is -0.158. The lowest BCUT2D eigenvalue weighted by Crippen LogP contribution is -2.25. The largest absolute Gasteiger partial charge is 0.397 e. The van der Waals surface area contributed by atoms with E-state index in [1.165, 1.54) is 0 Å². The van der Waals surface area contributed by atoms with Crippen LogP contribution in [-0.2, 0) is 0 Å². The van der Waals surface area contributed by atoms with Gasteiger partial charge in [0.05, 0.1) is 16.3 Å². The first-order chi connectivity index (χ1) is 8.16. The van der Waals surface area contributed by atoms with Crippen LogP contribution in [-0.4, -0.2) is 24.5 Å². The molecule has 3 N–H and O–H groups in total. The molecule has 0 fully saturated rings. The molecule has 0 aliphatic carbocycles. The van der Waals surface area contributed by atoms with Gasteiger partial charge in [0.25, 0.3) is 5.91 Å². The van der Waals surface area contributed by atoms with Gasteiger partial charge in [0, 0.05) is 6.54 Å². The number of hydrogen-bond donors (Lipinski definition) is 2. The SMILES string of the molecule is CSCCCCNC(=O)c1cccc(Cl)c1N. The van der Waals surface area contributed by atoms with Crippen molar-refractivity contribution in [2.24, 2.45) is 0 Å². The number of carbonyl (C=O) groups is 1. The molecule has 1 amide bonds. The van der Waals surface area contributed by atoms with Crippen LogP contribution >= 0.6 is 23.4 Å². The van der Waals surface area contributed by atoms with Crippen LogP contribution < -0.4 is 11.1 Å². The number of amides is 1. The van der Waals surface area contributed by atoms with E-state index in [1.54, 1.807) is 18.2 Å². The summed E-state index contributed by atoms with van der Waals surface area (Å²) in [4.78, 5) is 11.8. The first kappa shape index (κ1) is 14.2. The maximum Gasteiger partial charge on any atom is 0.253 e. The number of thioether (sulfide) groups is 1. The Hall–Kier alpha value is -0.870. The van der Waals surface area contributed by atoms with Gasteiger partial charge in [0.1, 0.15) is 0 Å². The molecule has 3 nitrogen and oxygen atoms in total. The Morgan fingerprint density at radius 3 is 2.94 bits per heavy atom. The van der Waals surface area contributed by atoms with E-state index in [-0.39, 0.29) is 5.91 Å². The molecule has 17 heavy (non-hydrogen) atoms. The zero-order chi connectivity index (χ0) is 12.7. The van der Waals surface area contributed by atoms with E-state index in [0.29, 0.717) is 22.8 Å². The van der Waals surface area contributed by atoms with E-state index in [0.717, 1.165) is 18.6 Å². The van der Waals surface area contributed by atoms with Crippen molar-refractivity contribution in [3.63, 3.8) is 0 Å². The molecule has 0 radical (unpaired) electrons. The quantitative estimate of drug-likeness (QED) is 0.618. The summed E-state index contributed by atoms with van der Waals surface area (Å²) >= 11 is 7.66.